The third kappa shape index (κ3) is 2.37. The third-order valence-corrected chi connectivity index (χ3v) is 3.22. The minimum atomic E-state index is -0.628. The molecule has 0 aromatic heterocycles. The summed E-state index contributed by atoms with van der Waals surface area (Å²) >= 11 is 0. The minimum Gasteiger partial charge on any atom is -0.386 e. The Labute approximate surface area is 87.0 Å². The molecule has 2 heteroatoms. The largest absolute Gasteiger partial charge is 0.386 e. The van der Waals surface area contributed by atoms with E-state index in [-0.39, 0.29) is 11.5 Å². The van der Waals surface area contributed by atoms with E-state index < -0.39 is 5.60 Å². The molecular formula is C12H22O2. The average molecular weight is 198 g/mol. The maximum atomic E-state index is 10.2. The Morgan fingerprint density at radius 3 is 2.36 bits per heavy atom. The molecule has 82 valence electrons. The molecule has 2 atom stereocenters. The summed E-state index contributed by atoms with van der Waals surface area (Å²) in [5, 5.41) is 10.2. The van der Waals surface area contributed by atoms with Crippen LogP contribution in [0.5, 0.6) is 0 Å². The molecular weight excluding hydrogens is 176 g/mol. The lowest BCUT2D eigenvalue weighted by Gasteiger charge is -2.38. The highest BCUT2D eigenvalue weighted by molar-refractivity contribution is 5.14. The maximum Gasteiger partial charge on any atom is 0.0852 e. The Hall–Kier alpha value is -0.340. The van der Waals surface area contributed by atoms with E-state index in [1.807, 2.05) is 32.9 Å². The van der Waals surface area contributed by atoms with Crippen molar-refractivity contribution in [3.8, 4) is 0 Å². The molecule has 1 aliphatic carbocycles. The first-order chi connectivity index (χ1) is 6.42. The van der Waals surface area contributed by atoms with Gasteiger partial charge in [0, 0.05) is 6.61 Å². The summed E-state index contributed by atoms with van der Waals surface area (Å²) in [4.78, 5) is 0. The lowest BCUT2D eigenvalue weighted by Crippen LogP contribution is -2.41. The van der Waals surface area contributed by atoms with Crippen LogP contribution in [0.2, 0.25) is 0 Å². The molecule has 0 bridgehead atoms. The number of hydrogen-bond donors (Lipinski definition) is 1. The summed E-state index contributed by atoms with van der Waals surface area (Å²) in [5.41, 5.74) is -0.799. The van der Waals surface area contributed by atoms with Crippen LogP contribution in [0.25, 0.3) is 0 Å². The van der Waals surface area contributed by atoms with Crippen molar-refractivity contribution in [3.63, 3.8) is 0 Å². The number of hydrogen-bond acceptors (Lipinski definition) is 2. The van der Waals surface area contributed by atoms with E-state index in [0.29, 0.717) is 0 Å². The van der Waals surface area contributed by atoms with Crippen LogP contribution in [0.4, 0.5) is 0 Å². The minimum absolute atomic E-state index is 0.171. The van der Waals surface area contributed by atoms with Crippen molar-refractivity contribution >= 4 is 0 Å². The number of aliphatic hydroxyl groups is 1. The quantitative estimate of drug-likeness (QED) is 0.706. The molecule has 1 rings (SSSR count). The summed E-state index contributed by atoms with van der Waals surface area (Å²) in [5.74, 6) is 0.268. The van der Waals surface area contributed by atoms with Crippen molar-refractivity contribution < 1.29 is 9.84 Å². The molecule has 0 heterocycles. The Bertz CT molecular complexity index is 222. The summed E-state index contributed by atoms with van der Waals surface area (Å²) < 4.78 is 5.65. The molecule has 0 aromatic carbocycles. The second kappa shape index (κ2) is 4.03. The fourth-order valence-electron chi connectivity index (χ4n) is 1.87. The van der Waals surface area contributed by atoms with Gasteiger partial charge in [-0.3, -0.25) is 0 Å². The SMILES string of the molecule is CCO[C@]1(C)C=C[C@@](O)(C(C)C)CC1. The zero-order valence-electron chi connectivity index (χ0n) is 9.71. The molecule has 0 spiro atoms. The van der Waals surface area contributed by atoms with Crippen LogP contribution in [-0.4, -0.2) is 22.9 Å². The van der Waals surface area contributed by atoms with Crippen molar-refractivity contribution in [1.29, 1.82) is 0 Å². The van der Waals surface area contributed by atoms with Gasteiger partial charge in [-0.05, 0) is 32.6 Å². The third-order valence-electron chi connectivity index (χ3n) is 3.22. The van der Waals surface area contributed by atoms with Crippen LogP contribution in [0.15, 0.2) is 12.2 Å². The summed E-state index contributed by atoms with van der Waals surface area (Å²) in [7, 11) is 0. The first kappa shape index (κ1) is 11.7. The zero-order valence-corrected chi connectivity index (χ0v) is 9.71. The van der Waals surface area contributed by atoms with Crippen LogP contribution in [-0.2, 0) is 4.74 Å². The number of rotatable bonds is 3. The van der Waals surface area contributed by atoms with E-state index in [1.165, 1.54) is 0 Å². The van der Waals surface area contributed by atoms with E-state index in [4.69, 9.17) is 4.74 Å². The molecule has 0 amide bonds. The van der Waals surface area contributed by atoms with Crippen LogP contribution in [0.3, 0.4) is 0 Å². The second-order valence-electron chi connectivity index (χ2n) is 4.72. The van der Waals surface area contributed by atoms with Crippen molar-refractivity contribution in [3.05, 3.63) is 12.2 Å². The predicted molar refractivity (Wildman–Crippen MR) is 58.2 cm³/mol. The normalized spacial score (nSPS) is 37.9. The van der Waals surface area contributed by atoms with Gasteiger partial charge in [0.1, 0.15) is 0 Å². The van der Waals surface area contributed by atoms with Gasteiger partial charge < -0.3 is 9.84 Å². The molecule has 1 N–H and O–H groups in total. The molecule has 2 nitrogen and oxygen atoms in total. The maximum absolute atomic E-state index is 10.2. The van der Waals surface area contributed by atoms with Gasteiger partial charge in [0.05, 0.1) is 11.2 Å². The zero-order chi connectivity index (χ0) is 10.8. The molecule has 0 fully saturated rings. The van der Waals surface area contributed by atoms with Gasteiger partial charge in [0.2, 0.25) is 0 Å². The van der Waals surface area contributed by atoms with E-state index in [9.17, 15) is 5.11 Å². The van der Waals surface area contributed by atoms with Gasteiger partial charge in [-0.1, -0.05) is 26.0 Å². The van der Waals surface area contributed by atoms with Crippen molar-refractivity contribution in [2.24, 2.45) is 5.92 Å². The van der Waals surface area contributed by atoms with Crippen molar-refractivity contribution in [2.45, 2.75) is 51.7 Å². The molecule has 14 heavy (non-hydrogen) atoms. The summed E-state index contributed by atoms with van der Waals surface area (Å²) in [6.07, 6.45) is 5.61. The highest BCUT2D eigenvalue weighted by atomic mass is 16.5. The Morgan fingerprint density at radius 2 is 2.00 bits per heavy atom. The summed E-state index contributed by atoms with van der Waals surface area (Å²) in [6, 6.07) is 0. The monoisotopic (exact) mass is 198 g/mol. The number of ether oxygens (including phenoxy) is 1. The van der Waals surface area contributed by atoms with Crippen molar-refractivity contribution in [2.75, 3.05) is 6.61 Å². The van der Waals surface area contributed by atoms with Gasteiger partial charge >= 0.3 is 0 Å². The molecule has 0 aliphatic heterocycles. The molecule has 0 saturated carbocycles. The molecule has 0 unspecified atom stereocenters. The molecule has 0 aromatic rings. The lowest BCUT2D eigenvalue weighted by atomic mass is 9.77. The second-order valence-corrected chi connectivity index (χ2v) is 4.72. The fourth-order valence-corrected chi connectivity index (χ4v) is 1.87. The van der Waals surface area contributed by atoms with Crippen LogP contribution in [0.1, 0.15) is 40.5 Å². The van der Waals surface area contributed by atoms with Crippen molar-refractivity contribution in [1.82, 2.24) is 0 Å². The summed E-state index contributed by atoms with van der Waals surface area (Å²) in [6.45, 7) is 8.90. The van der Waals surface area contributed by atoms with Gasteiger partial charge in [-0.25, -0.2) is 0 Å². The highest BCUT2D eigenvalue weighted by Crippen LogP contribution is 2.35. The van der Waals surface area contributed by atoms with Gasteiger partial charge in [-0.2, -0.15) is 0 Å². The van der Waals surface area contributed by atoms with Gasteiger partial charge in [0.15, 0.2) is 0 Å². The average Bonchev–Trinajstić information content (AvgIpc) is 2.11. The first-order valence-electron chi connectivity index (χ1n) is 5.48. The Morgan fingerprint density at radius 1 is 1.36 bits per heavy atom. The topological polar surface area (TPSA) is 29.5 Å². The van der Waals surface area contributed by atoms with E-state index in [0.717, 1.165) is 19.4 Å². The molecule has 0 radical (unpaired) electrons. The fraction of sp³-hybridized carbons (Fsp3) is 0.833. The molecule has 0 saturated heterocycles. The first-order valence-corrected chi connectivity index (χ1v) is 5.48. The van der Waals surface area contributed by atoms with Crippen LogP contribution >= 0.6 is 0 Å². The molecule has 1 aliphatic rings. The van der Waals surface area contributed by atoms with E-state index in [1.54, 1.807) is 0 Å². The predicted octanol–water partition coefficient (Wildman–Crippen LogP) is 2.52. The van der Waals surface area contributed by atoms with Crippen LogP contribution < -0.4 is 0 Å². The van der Waals surface area contributed by atoms with E-state index in [2.05, 4.69) is 6.92 Å². The van der Waals surface area contributed by atoms with E-state index >= 15 is 0 Å². The lowest BCUT2D eigenvalue weighted by molar-refractivity contribution is -0.0411. The van der Waals surface area contributed by atoms with Gasteiger partial charge in [-0.15, -0.1) is 0 Å². The highest BCUT2D eigenvalue weighted by Gasteiger charge is 2.36. The standard InChI is InChI=1S/C12H22O2/c1-5-14-11(4)6-8-12(13,9-7-11)10(2)3/h6,8,10,13H,5,7,9H2,1-4H3/t11-,12+/m1/s1. The van der Waals surface area contributed by atoms with Crippen LogP contribution in [0, 0.1) is 5.92 Å². The smallest absolute Gasteiger partial charge is 0.0852 e. The Balaban J connectivity index is 2.72. The van der Waals surface area contributed by atoms with Gasteiger partial charge in [0.25, 0.3) is 0 Å². The Kier molecular flexibility index (Phi) is 3.38.